The average Bonchev–Trinajstić information content (AvgIpc) is 3.61. The minimum absolute atomic E-state index is 0.0202. The number of nitrogens with zero attached hydrogens (tertiary/aromatic N) is 2. The molecule has 2 aromatic heterocycles. The third-order valence-corrected chi connectivity index (χ3v) is 5.26. The molecule has 0 saturated heterocycles. The molecule has 0 radical (unpaired) electrons. The summed E-state index contributed by atoms with van der Waals surface area (Å²) in [6.07, 6.45) is 5.43. The molecule has 176 valence electrons. The SMILES string of the molecule is CC(F)(F)c1cncc(CC(=O)Cc2ccc(Oc3ccnc(NC(=O)C4CC4)c3)c(F)c2)c1. The number of Topliss-reactive ketones (excluding diaryl/α,β-unsaturated/α-hetero) is 1. The Balaban J connectivity index is 1.38. The highest BCUT2D eigenvalue weighted by Gasteiger charge is 2.30. The Labute approximate surface area is 194 Å². The van der Waals surface area contributed by atoms with Gasteiger partial charge in [-0.25, -0.2) is 18.2 Å². The third kappa shape index (κ3) is 6.18. The molecule has 0 unspecified atom stereocenters. The zero-order chi connectivity index (χ0) is 24.3. The molecule has 0 bridgehead atoms. The molecule has 1 fully saturated rings. The number of ether oxygens (including phenoxy) is 1. The Hall–Kier alpha value is -3.75. The predicted molar refractivity (Wildman–Crippen MR) is 118 cm³/mol. The van der Waals surface area contributed by atoms with Gasteiger partial charge in [-0.3, -0.25) is 14.6 Å². The van der Waals surface area contributed by atoms with E-state index in [1.165, 1.54) is 42.7 Å². The van der Waals surface area contributed by atoms with Crippen molar-refractivity contribution in [3.05, 3.63) is 77.5 Å². The van der Waals surface area contributed by atoms with Crippen molar-refractivity contribution in [2.45, 2.75) is 38.5 Å². The minimum Gasteiger partial charge on any atom is -0.454 e. The number of nitrogens with one attached hydrogen (secondary N) is 1. The maximum absolute atomic E-state index is 14.6. The van der Waals surface area contributed by atoms with Gasteiger partial charge in [0.2, 0.25) is 5.91 Å². The number of hydrogen-bond donors (Lipinski definition) is 1. The van der Waals surface area contributed by atoms with Gasteiger partial charge >= 0.3 is 0 Å². The molecule has 3 aromatic rings. The van der Waals surface area contributed by atoms with Gasteiger partial charge < -0.3 is 10.1 Å². The Morgan fingerprint density at radius 1 is 1.09 bits per heavy atom. The Kier molecular flexibility index (Phi) is 6.63. The van der Waals surface area contributed by atoms with E-state index < -0.39 is 11.7 Å². The molecule has 1 amide bonds. The summed E-state index contributed by atoms with van der Waals surface area (Å²) in [6, 6.07) is 8.44. The highest BCUT2D eigenvalue weighted by molar-refractivity contribution is 5.93. The number of hydrogen-bond acceptors (Lipinski definition) is 5. The molecule has 34 heavy (non-hydrogen) atoms. The first-order valence-corrected chi connectivity index (χ1v) is 10.7. The standard InChI is InChI=1S/C25H22F3N3O3/c1-25(27,28)18-8-16(13-29-14-18)10-19(32)9-15-2-5-22(21(26)11-15)34-20-6-7-30-23(12-20)31-24(33)17-3-4-17/h2,5-8,11-14,17H,3-4,9-10H2,1H3,(H,30,31,33). The maximum atomic E-state index is 14.6. The van der Waals surface area contributed by atoms with E-state index in [4.69, 9.17) is 4.74 Å². The number of rotatable bonds is 9. The molecule has 1 aliphatic rings. The molecule has 1 aliphatic carbocycles. The van der Waals surface area contributed by atoms with Gasteiger partial charge in [0.15, 0.2) is 11.6 Å². The van der Waals surface area contributed by atoms with Crippen molar-refractivity contribution < 1.29 is 27.5 Å². The largest absolute Gasteiger partial charge is 0.454 e. The lowest BCUT2D eigenvalue weighted by atomic mass is 10.0. The van der Waals surface area contributed by atoms with Crippen LogP contribution in [-0.2, 0) is 28.4 Å². The van der Waals surface area contributed by atoms with Gasteiger partial charge in [-0.15, -0.1) is 0 Å². The lowest BCUT2D eigenvalue weighted by Crippen LogP contribution is -2.14. The quantitative estimate of drug-likeness (QED) is 0.465. The fourth-order valence-electron chi connectivity index (χ4n) is 3.32. The molecule has 4 rings (SSSR count). The fourth-order valence-corrected chi connectivity index (χ4v) is 3.32. The van der Waals surface area contributed by atoms with Crippen molar-refractivity contribution in [2.75, 3.05) is 5.32 Å². The van der Waals surface area contributed by atoms with Gasteiger partial charge in [0.05, 0.1) is 0 Å². The van der Waals surface area contributed by atoms with E-state index in [0.29, 0.717) is 22.7 Å². The summed E-state index contributed by atoms with van der Waals surface area (Å²) in [5.41, 5.74) is 0.523. The third-order valence-electron chi connectivity index (χ3n) is 5.26. The number of anilines is 1. The van der Waals surface area contributed by atoms with Crippen molar-refractivity contribution in [3.8, 4) is 11.5 Å². The number of halogens is 3. The van der Waals surface area contributed by atoms with Gasteiger partial charge in [0.1, 0.15) is 17.4 Å². The second-order valence-corrected chi connectivity index (χ2v) is 8.37. The second-order valence-electron chi connectivity index (χ2n) is 8.37. The van der Waals surface area contributed by atoms with Gasteiger partial charge in [0, 0.05) is 55.9 Å². The molecule has 2 heterocycles. The van der Waals surface area contributed by atoms with E-state index in [1.54, 1.807) is 6.07 Å². The fraction of sp³-hybridized carbons (Fsp3) is 0.280. The number of pyridine rings is 2. The van der Waals surface area contributed by atoms with Crippen LogP contribution in [0.15, 0.2) is 55.0 Å². The minimum atomic E-state index is -3.05. The van der Waals surface area contributed by atoms with Crippen LogP contribution in [0.25, 0.3) is 0 Å². The highest BCUT2D eigenvalue weighted by atomic mass is 19.3. The monoisotopic (exact) mass is 469 g/mol. The van der Waals surface area contributed by atoms with Crippen LogP contribution in [0.3, 0.4) is 0 Å². The summed E-state index contributed by atoms with van der Waals surface area (Å²) < 4.78 is 47.1. The van der Waals surface area contributed by atoms with Crippen LogP contribution in [-0.4, -0.2) is 21.7 Å². The van der Waals surface area contributed by atoms with E-state index >= 15 is 0 Å². The molecule has 1 aromatic carbocycles. The first-order chi connectivity index (χ1) is 16.2. The number of alkyl halides is 2. The van der Waals surface area contributed by atoms with Crippen LogP contribution in [0, 0.1) is 11.7 Å². The van der Waals surface area contributed by atoms with Crippen LogP contribution in [0.5, 0.6) is 11.5 Å². The van der Waals surface area contributed by atoms with E-state index in [9.17, 15) is 22.8 Å². The van der Waals surface area contributed by atoms with Crippen molar-refractivity contribution in [1.82, 2.24) is 9.97 Å². The number of amides is 1. The van der Waals surface area contributed by atoms with E-state index in [0.717, 1.165) is 26.0 Å². The molecular weight excluding hydrogens is 447 g/mol. The lowest BCUT2D eigenvalue weighted by Gasteiger charge is -2.11. The van der Waals surface area contributed by atoms with Crippen molar-refractivity contribution in [1.29, 1.82) is 0 Å². The van der Waals surface area contributed by atoms with Gasteiger partial charge in [-0.05, 0) is 48.2 Å². The van der Waals surface area contributed by atoms with Crippen LogP contribution in [0.1, 0.15) is 36.5 Å². The van der Waals surface area contributed by atoms with Crippen molar-refractivity contribution in [3.63, 3.8) is 0 Å². The first-order valence-electron chi connectivity index (χ1n) is 10.7. The predicted octanol–water partition coefficient (Wildman–Crippen LogP) is 5.22. The normalized spacial score (nSPS) is 13.4. The van der Waals surface area contributed by atoms with Crippen LogP contribution >= 0.6 is 0 Å². The van der Waals surface area contributed by atoms with Crippen molar-refractivity contribution >= 4 is 17.5 Å². The molecule has 1 N–H and O–H groups in total. The molecule has 1 saturated carbocycles. The summed E-state index contributed by atoms with van der Waals surface area (Å²) >= 11 is 0. The molecule has 6 nitrogen and oxygen atoms in total. The van der Waals surface area contributed by atoms with Crippen LogP contribution < -0.4 is 10.1 Å². The zero-order valence-corrected chi connectivity index (χ0v) is 18.4. The first kappa shape index (κ1) is 23.4. The molecule has 0 atom stereocenters. The topological polar surface area (TPSA) is 81.2 Å². The van der Waals surface area contributed by atoms with Gasteiger partial charge in [-0.2, -0.15) is 0 Å². The van der Waals surface area contributed by atoms with Crippen molar-refractivity contribution in [2.24, 2.45) is 5.92 Å². The zero-order valence-electron chi connectivity index (χ0n) is 18.4. The van der Waals surface area contributed by atoms with Crippen LogP contribution in [0.2, 0.25) is 0 Å². The number of aromatic nitrogens is 2. The Morgan fingerprint density at radius 3 is 2.56 bits per heavy atom. The molecule has 9 heteroatoms. The van der Waals surface area contributed by atoms with E-state index in [1.807, 2.05) is 0 Å². The van der Waals surface area contributed by atoms with E-state index in [-0.39, 0.29) is 41.8 Å². The second kappa shape index (κ2) is 9.62. The summed E-state index contributed by atoms with van der Waals surface area (Å²) in [4.78, 5) is 32.1. The summed E-state index contributed by atoms with van der Waals surface area (Å²) in [6.45, 7) is 0.763. The number of ketones is 1. The van der Waals surface area contributed by atoms with Gasteiger partial charge in [0.25, 0.3) is 5.92 Å². The number of carbonyl (C=O) groups is 2. The molecule has 0 aliphatic heterocycles. The highest BCUT2D eigenvalue weighted by Crippen LogP contribution is 2.31. The lowest BCUT2D eigenvalue weighted by molar-refractivity contribution is -0.118. The summed E-state index contributed by atoms with van der Waals surface area (Å²) in [5, 5.41) is 2.70. The van der Waals surface area contributed by atoms with Gasteiger partial charge in [-0.1, -0.05) is 6.07 Å². The Morgan fingerprint density at radius 2 is 1.85 bits per heavy atom. The Bertz CT molecular complexity index is 1220. The molecule has 0 spiro atoms. The number of benzene rings is 1. The maximum Gasteiger partial charge on any atom is 0.272 e. The number of carbonyl (C=O) groups excluding carboxylic acids is 2. The summed E-state index contributed by atoms with van der Waals surface area (Å²) in [7, 11) is 0. The average molecular weight is 469 g/mol. The van der Waals surface area contributed by atoms with E-state index in [2.05, 4.69) is 15.3 Å². The molecular formula is C25H22F3N3O3. The van der Waals surface area contributed by atoms with Crippen LogP contribution in [0.4, 0.5) is 19.0 Å². The smallest absolute Gasteiger partial charge is 0.272 e. The summed E-state index contributed by atoms with van der Waals surface area (Å²) in [5.74, 6) is -3.51.